The molecule has 0 saturated heterocycles. The molecular formula is C17H19N+2. The van der Waals surface area contributed by atoms with Crippen molar-refractivity contribution in [3.63, 3.8) is 0 Å². The van der Waals surface area contributed by atoms with Crippen LogP contribution in [0.2, 0.25) is 0 Å². The highest BCUT2D eigenvalue weighted by Crippen LogP contribution is 2.43. The fourth-order valence-corrected chi connectivity index (χ4v) is 3.13. The summed E-state index contributed by atoms with van der Waals surface area (Å²) in [6.45, 7) is 12.0. The summed E-state index contributed by atoms with van der Waals surface area (Å²) in [5, 5.41) is 2.67. The van der Waals surface area contributed by atoms with Gasteiger partial charge in [0.2, 0.25) is 5.69 Å². The van der Waals surface area contributed by atoms with Gasteiger partial charge in [-0.2, -0.15) is 4.58 Å². The molecule has 2 aromatic rings. The third kappa shape index (κ3) is 1.28. The van der Waals surface area contributed by atoms with E-state index in [9.17, 15) is 0 Å². The minimum atomic E-state index is 0.0200. The summed E-state index contributed by atoms with van der Waals surface area (Å²) in [5.41, 5.74) is 3.97. The molecule has 0 saturated carbocycles. The van der Waals surface area contributed by atoms with E-state index in [2.05, 4.69) is 68.7 Å². The summed E-state index contributed by atoms with van der Waals surface area (Å²) in [6, 6.07) is 13.1. The predicted molar refractivity (Wildman–Crippen MR) is 77.8 cm³/mol. The molecular weight excluding hydrogens is 218 g/mol. The summed E-state index contributed by atoms with van der Waals surface area (Å²) >= 11 is 0. The Kier molecular flexibility index (Phi) is 2.28. The summed E-state index contributed by atoms with van der Waals surface area (Å²) in [6.07, 6.45) is 0. The molecule has 1 nitrogen and oxygen atoms in total. The van der Waals surface area contributed by atoms with Crippen molar-refractivity contribution in [3.05, 3.63) is 48.9 Å². The Balaban J connectivity index is 2.43. The second kappa shape index (κ2) is 3.61. The summed E-state index contributed by atoms with van der Waals surface area (Å²) < 4.78 is 2.34. The number of hydrogen-bond donors (Lipinski definition) is 0. The number of fused-ring (bicyclic) bond motifs is 3. The maximum Gasteiger partial charge on any atom is 0.341 e. The molecule has 1 heteroatoms. The average molecular weight is 237 g/mol. The Bertz CT molecular complexity index is 662. The molecule has 0 spiro atoms. The SMILES string of the molecule is [CH2+]C1=[N+](CC)c2ccc3ccccc3c2C1(C)C. The van der Waals surface area contributed by atoms with Gasteiger partial charge in [-0.15, -0.1) is 0 Å². The normalized spacial score (nSPS) is 17.3. The van der Waals surface area contributed by atoms with Crippen LogP contribution in [0.1, 0.15) is 26.3 Å². The first-order chi connectivity index (χ1) is 8.57. The van der Waals surface area contributed by atoms with Crippen molar-refractivity contribution in [2.75, 3.05) is 6.54 Å². The zero-order valence-electron chi connectivity index (χ0n) is 11.3. The number of hydrogen-bond acceptors (Lipinski definition) is 0. The third-order valence-electron chi connectivity index (χ3n) is 4.19. The summed E-state index contributed by atoms with van der Waals surface area (Å²) in [5.74, 6) is 0. The molecule has 0 radical (unpaired) electrons. The first-order valence-electron chi connectivity index (χ1n) is 6.56. The molecule has 90 valence electrons. The van der Waals surface area contributed by atoms with Crippen molar-refractivity contribution in [3.8, 4) is 0 Å². The topological polar surface area (TPSA) is 3.01 Å². The third-order valence-corrected chi connectivity index (χ3v) is 4.19. The zero-order valence-corrected chi connectivity index (χ0v) is 11.3. The zero-order chi connectivity index (χ0) is 12.9. The number of nitrogens with zero attached hydrogens (tertiary/aromatic N) is 1. The molecule has 3 rings (SSSR count). The molecule has 0 aromatic heterocycles. The first-order valence-corrected chi connectivity index (χ1v) is 6.56. The molecule has 0 N–H and O–H groups in total. The van der Waals surface area contributed by atoms with Crippen LogP contribution in [0.15, 0.2) is 36.4 Å². The highest BCUT2D eigenvalue weighted by molar-refractivity contribution is 6.04. The Hall–Kier alpha value is -1.76. The molecule has 0 amide bonds. The maximum absolute atomic E-state index is 4.31. The Morgan fingerprint density at radius 1 is 1.11 bits per heavy atom. The van der Waals surface area contributed by atoms with E-state index in [-0.39, 0.29) is 5.41 Å². The molecule has 2 aromatic carbocycles. The van der Waals surface area contributed by atoms with Crippen LogP contribution in [0.25, 0.3) is 10.8 Å². The van der Waals surface area contributed by atoms with Gasteiger partial charge in [-0.1, -0.05) is 24.3 Å². The van der Waals surface area contributed by atoms with Crippen LogP contribution < -0.4 is 0 Å². The van der Waals surface area contributed by atoms with Crippen LogP contribution >= 0.6 is 0 Å². The Morgan fingerprint density at radius 3 is 2.56 bits per heavy atom. The predicted octanol–water partition coefficient (Wildman–Crippen LogP) is 4.07. The van der Waals surface area contributed by atoms with Crippen molar-refractivity contribution in [2.45, 2.75) is 26.2 Å². The summed E-state index contributed by atoms with van der Waals surface area (Å²) in [4.78, 5) is 0. The van der Waals surface area contributed by atoms with Crippen LogP contribution in [-0.2, 0) is 5.41 Å². The van der Waals surface area contributed by atoms with E-state index in [0.29, 0.717) is 0 Å². The minimum absolute atomic E-state index is 0.0200. The Labute approximate surface area is 109 Å². The minimum Gasteiger partial charge on any atom is -0.159 e. The van der Waals surface area contributed by atoms with Crippen LogP contribution in [0.5, 0.6) is 0 Å². The van der Waals surface area contributed by atoms with Crippen molar-refractivity contribution in [1.29, 1.82) is 0 Å². The average Bonchev–Trinajstić information content (AvgIpc) is 2.57. The van der Waals surface area contributed by atoms with Gasteiger partial charge in [-0.3, -0.25) is 0 Å². The number of rotatable bonds is 1. The summed E-state index contributed by atoms with van der Waals surface area (Å²) in [7, 11) is 0. The van der Waals surface area contributed by atoms with Crippen molar-refractivity contribution in [1.82, 2.24) is 0 Å². The van der Waals surface area contributed by atoms with Gasteiger partial charge in [0.15, 0.2) is 13.5 Å². The molecule has 18 heavy (non-hydrogen) atoms. The molecule has 0 unspecified atom stereocenters. The fraction of sp³-hybridized carbons (Fsp3) is 0.294. The van der Waals surface area contributed by atoms with E-state index in [4.69, 9.17) is 0 Å². The molecule has 0 fully saturated rings. The molecule has 1 aliphatic heterocycles. The van der Waals surface area contributed by atoms with E-state index >= 15 is 0 Å². The molecule has 0 atom stereocenters. The van der Waals surface area contributed by atoms with Gasteiger partial charge < -0.3 is 0 Å². The van der Waals surface area contributed by atoms with Crippen LogP contribution in [0.4, 0.5) is 5.69 Å². The second-order valence-corrected chi connectivity index (χ2v) is 5.50. The van der Waals surface area contributed by atoms with Gasteiger partial charge in [0, 0.05) is 6.07 Å². The van der Waals surface area contributed by atoms with E-state index in [1.807, 2.05) is 0 Å². The lowest BCUT2D eigenvalue weighted by Gasteiger charge is -2.13. The lowest BCUT2D eigenvalue weighted by molar-refractivity contribution is -0.433. The highest BCUT2D eigenvalue weighted by Gasteiger charge is 2.48. The second-order valence-electron chi connectivity index (χ2n) is 5.50. The molecule has 1 aliphatic rings. The van der Waals surface area contributed by atoms with E-state index in [1.54, 1.807) is 0 Å². The lowest BCUT2D eigenvalue weighted by Crippen LogP contribution is -2.26. The Morgan fingerprint density at radius 2 is 1.83 bits per heavy atom. The van der Waals surface area contributed by atoms with Crippen LogP contribution in [0.3, 0.4) is 0 Å². The van der Waals surface area contributed by atoms with E-state index in [1.165, 1.54) is 27.7 Å². The highest BCUT2D eigenvalue weighted by atomic mass is 15.0. The maximum atomic E-state index is 4.31. The van der Waals surface area contributed by atoms with Gasteiger partial charge in [0.05, 0.1) is 5.56 Å². The van der Waals surface area contributed by atoms with Crippen molar-refractivity contribution >= 4 is 22.2 Å². The van der Waals surface area contributed by atoms with Crippen LogP contribution in [-0.4, -0.2) is 16.8 Å². The lowest BCUT2D eigenvalue weighted by atomic mass is 9.80. The van der Waals surface area contributed by atoms with Crippen molar-refractivity contribution in [2.24, 2.45) is 0 Å². The van der Waals surface area contributed by atoms with Gasteiger partial charge in [0.25, 0.3) is 0 Å². The monoisotopic (exact) mass is 237 g/mol. The molecule has 1 heterocycles. The fourth-order valence-electron chi connectivity index (χ4n) is 3.13. The largest absolute Gasteiger partial charge is 0.341 e. The van der Waals surface area contributed by atoms with Gasteiger partial charge in [0.1, 0.15) is 5.41 Å². The first kappa shape index (κ1) is 11.3. The van der Waals surface area contributed by atoms with E-state index in [0.717, 1.165) is 6.54 Å². The molecule has 0 aliphatic carbocycles. The van der Waals surface area contributed by atoms with Gasteiger partial charge >= 0.3 is 5.71 Å². The van der Waals surface area contributed by atoms with Gasteiger partial charge in [-0.05, 0) is 37.6 Å². The van der Waals surface area contributed by atoms with Gasteiger partial charge in [-0.25, -0.2) is 0 Å². The molecule has 0 bridgehead atoms. The quantitative estimate of drug-likeness (QED) is 0.519. The van der Waals surface area contributed by atoms with E-state index < -0.39 is 0 Å². The standard InChI is InChI=1S/C17H19N/c1-5-18-12(2)17(3,4)16-14-9-7-6-8-13(14)10-11-15(16)18/h6-11H,2,5H2,1,3-4H3/q+2. The number of benzene rings is 2. The smallest absolute Gasteiger partial charge is 0.159 e. The van der Waals surface area contributed by atoms with Crippen LogP contribution in [0, 0.1) is 6.92 Å². The van der Waals surface area contributed by atoms with Crippen molar-refractivity contribution < 1.29 is 4.58 Å².